The fraction of sp³-hybridized carbons (Fsp3) is 0.667. The molecule has 0 saturated heterocycles. The zero-order valence-electron chi connectivity index (χ0n) is 15.7. The van der Waals surface area contributed by atoms with Gasteiger partial charge in [-0.1, -0.05) is 32.4 Å². The first kappa shape index (κ1) is 18.8. The van der Waals surface area contributed by atoms with Crippen LogP contribution >= 0.6 is 11.6 Å². The van der Waals surface area contributed by atoms with Crippen molar-refractivity contribution in [2.45, 2.75) is 63.9 Å². The van der Waals surface area contributed by atoms with Gasteiger partial charge in [0.05, 0.1) is 11.5 Å². The lowest BCUT2D eigenvalue weighted by molar-refractivity contribution is 0.0979. The Balaban J connectivity index is 1.85. The molecule has 138 valence electrons. The van der Waals surface area contributed by atoms with Gasteiger partial charge in [-0.25, -0.2) is 9.97 Å². The average molecular weight is 382 g/mol. The molecular formula is C18H28ClN3O2Si. The molecule has 7 heteroatoms. The summed E-state index contributed by atoms with van der Waals surface area (Å²) in [4.78, 5) is 8.46. The Labute approximate surface area is 155 Å². The van der Waals surface area contributed by atoms with Crippen LogP contribution in [0.1, 0.15) is 39.7 Å². The Morgan fingerprint density at radius 3 is 2.68 bits per heavy atom. The third-order valence-corrected chi connectivity index (χ3v) is 10.8. The monoisotopic (exact) mass is 381 g/mol. The number of halogens is 1. The zero-order chi connectivity index (χ0) is 18.4. The molecule has 0 unspecified atom stereocenters. The number of aromatic nitrogens is 3. The van der Waals surface area contributed by atoms with Crippen molar-refractivity contribution in [1.29, 1.82) is 0 Å². The van der Waals surface area contributed by atoms with Crippen LogP contribution in [-0.4, -0.2) is 40.7 Å². The summed E-state index contributed by atoms with van der Waals surface area (Å²) in [6, 6.07) is 2.23. The molecule has 1 saturated carbocycles. The summed E-state index contributed by atoms with van der Waals surface area (Å²) in [6.45, 7) is 11.4. The van der Waals surface area contributed by atoms with Crippen LogP contribution in [0.5, 0.6) is 0 Å². The summed E-state index contributed by atoms with van der Waals surface area (Å²) in [5.74, 6) is 0.161. The molecule has 2 heterocycles. The molecular weight excluding hydrogens is 354 g/mol. The second-order valence-corrected chi connectivity index (χ2v) is 13.7. The van der Waals surface area contributed by atoms with Crippen LogP contribution in [0.4, 0.5) is 0 Å². The highest BCUT2D eigenvalue weighted by molar-refractivity contribution is 6.74. The topological polar surface area (TPSA) is 60.2 Å². The molecule has 0 amide bonds. The Hall–Kier alpha value is -0.953. The van der Waals surface area contributed by atoms with Gasteiger partial charge < -0.3 is 14.1 Å². The van der Waals surface area contributed by atoms with Gasteiger partial charge in [-0.15, -0.1) is 0 Å². The van der Waals surface area contributed by atoms with E-state index in [4.69, 9.17) is 16.0 Å². The lowest BCUT2D eigenvalue weighted by Gasteiger charge is -2.39. The minimum atomic E-state index is -1.87. The van der Waals surface area contributed by atoms with Gasteiger partial charge in [0.25, 0.3) is 0 Å². The minimum absolute atomic E-state index is 0.0886. The predicted molar refractivity (Wildman–Crippen MR) is 103 cm³/mol. The lowest BCUT2D eigenvalue weighted by Crippen LogP contribution is -2.45. The lowest BCUT2D eigenvalue weighted by atomic mass is 10.1. The van der Waals surface area contributed by atoms with E-state index in [-0.39, 0.29) is 29.7 Å². The van der Waals surface area contributed by atoms with Gasteiger partial charge in [-0.2, -0.15) is 0 Å². The molecule has 0 spiro atoms. The molecule has 1 N–H and O–H groups in total. The van der Waals surface area contributed by atoms with E-state index in [2.05, 4.69) is 48.4 Å². The number of fused-ring (bicyclic) bond motifs is 1. The van der Waals surface area contributed by atoms with Crippen LogP contribution in [0.15, 0.2) is 18.6 Å². The highest BCUT2D eigenvalue weighted by Crippen LogP contribution is 2.44. The van der Waals surface area contributed by atoms with E-state index in [0.29, 0.717) is 5.15 Å². The van der Waals surface area contributed by atoms with E-state index in [9.17, 15) is 5.11 Å². The number of hydrogen-bond acceptors (Lipinski definition) is 4. The molecule has 1 aliphatic carbocycles. The van der Waals surface area contributed by atoms with Gasteiger partial charge in [0, 0.05) is 24.8 Å². The summed E-state index contributed by atoms with van der Waals surface area (Å²) in [7, 11) is -1.87. The fourth-order valence-electron chi connectivity index (χ4n) is 3.41. The van der Waals surface area contributed by atoms with Gasteiger partial charge in [0.1, 0.15) is 17.1 Å². The molecule has 3 rings (SSSR count). The molecule has 3 atom stereocenters. The standard InChI is InChI=1S/C18H28ClN3O2Si/c1-18(2,3)25(4,5)24-15-9-13(8-12(15)10-23)22-7-6-14-16(19)20-11-21-17(14)22/h6-7,11-13,15,23H,8-10H2,1-5H3/t12-,13+,15+/m0/s1. The molecule has 0 radical (unpaired) electrons. The van der Waals surface area contributed by atoms with Crippen LogP contribution in [0.3, 0.4) is 0 Å². The Kier molecular flexibility index (Phi) is 5.01. The fourth-order valence-corrected chi connectivity index (χ4v) is 5.00. The van der Waals surface area contributed by atoms with Crippen molar-refractivity contribution in [2.75, 3.05) is 6.61 Å². The number of rotatable bonds is 4. The van der Waals surface area contributed by atoms with Crippen molar-refractivity contribution in [1.82, 2.24) is 14.5 Å². The van der Waals surface area contributed by atoms with Crippen LogP contribution in [0, 0.1) is 5.92 Å². The van der Waals surface area contributed by atoms with Crippen molar-refractivity contribution >= 4 is 31.0 Å². The number of aliphatic hydroxyl groups is 1. The second kappa shape index (κ2) is 6.65. The number of aliphatic hydroxyl groups excluding tert-OH is 1. The molecule has 2 aromatic rings. The second-order valence-electron chi connectivity index (χ2n) is 8.61. The molecule has 0 aromatic carbocycles. The maximum atomic E-state index is 9.89. The third kappa shape index (κ3) is 3.49. The van der Waals surface area contributed by atoms with Crippen molar-refractivity contribution in [2.24, 2.45) is 5.92 Å². The van der Waals surface area contributed by atoms with Crippen molar-refractivity contribution in [3.63, 3.8) is 0 Å². The molecule has 25 heavy (non-hydrogen) atoms. The van der Waals surface area contributed by atoms with Gasteiger partial charge >= 0.3 is 0 Å². The largest absolute Gasteiger partial charge is 0.413 e. The Morgan fingerprint density at radius 1 is 1.32 bits per heavy atom. The quantitative estimate of drug-likeness (QED) is 0.629. The summed E-state index contributed by atoms with van der Waals surface area (Å²) < 4.78 is 8.80. The molecule has 0 aliphatic heterocycles. The summed E-state index contributed by atoms with van der Waals surface area (Å²) in [5, 5.41) is 11.4. The van der Waals surface area contributed by atoms with Gasteiger partial charge in [0.2, 0.25) is 0 Å². The first-order valence-corrected chi connectivity index (χ1v) is 12.2. The first-order valence-electron chi connectivity index (χ1n) is 8.90. The van der Waals surface area contributed by atoms with E-state index in [1.807, 2.05) is 12.3 Å². The van der Waals surface area contributed by atoms with E-state index in [1.165, 1.54) is 6.33 Å². The summed E-state index contributed by atoms with van der Waals surface area (Å²) in [5.41, 5.74) is 0.856. The van der Waals surface area contributed by atoms with Crippen molar-refractivity contribution in [3.8, 4) is 0 Å². The summed E-state index contributed by atoms with van der Waals surface area (Å²) >= 11 is 6.18. The molecule has 1 aliphatic rings. The zero-order valence-corrected chi connectivity index (χ0v) is 17.4. The maximum absolute atomic E-state index is 9.89. The minimum Gasteiger partial charge on any atom is -0.413 e. The van der Waals surface area contributed by atoms with Crippen molar-refractivity contribution in [3.05, 3.63) is 23.7 Å². The van der Waals surface area contributed by atoms with Crippen LogP contribution < -0.4 is 0 Å². The van der Waals surface area contributed by atoms with Gasteiger partial charge in [0.15, 0.2) is 8.32 Å². The maximum Gasteiger partial charge on any atom is 0.192 e. The van der Waals surface area contributed by atoms with E-state index in [0.717, 1.165) is 23.9 Å². The molecule has 1 fully saturated rings. The Bertz CT molecular complexity index is 756. The summed E-state index contributed by atoms with van der Waals surface area (Å²) in [6.07, 6.45) is 5.40. The van der Waals surface area contributed by atoms with E-state index >= 15 is 0 Å². The number of nitrogens with zero attached hydrogens (tertiary/aromatic N) is 3. The van der Waals surface area contributed by atoms with Crippen LogP contribution in [0.2, 0.25) is 23.3 Å². The third-order valence-electron chi connectivity index (χ3n) is 5.95. The van der Waals surface area contributed by atoms with Crippen LogP contribution in [-0.2, 0) is 4.43 Å². The van der Waals surface area contributed by atoms with E-state index < -0.39 is 8.32 Å². The first-order chi connectivity index (χ1) is 11.6. The Morgan fingerprint density at radius 2 is 2.04 bits per heavy atom. The van der Waals surface area contributed by atoms with Gasteiger partial charge in [-0.3, -0.25) is 0 Å². The molecule has 2 aromatic heterocycles. The predicted octanol–water partition coefficient (Wildman–Crippen LogP) is 4.42. The average Bonchev–Trinajstić information content (AvgIpc) is 3.10. The smallest absolute Gasteiger partial charge is 0.192 e. The van der Waals surface area contributed by atoms with Crippen molar-refractivity contribution < 1.29 is 9.53 Å². The van der Waals surface area contributed by atoms with E-state index in [1.54, 1.807) is 0 Å². The molecule has 0 bridgehead atoms. The number of hydrogen-bond donors (Lipinski definition) is 1. The molecule has 5 nitrogen and oxygen atoms in total. The SMILES string of the molecule is CC(C)(C)[Si](C)(C)O[C@@H]1C[C@H](n2ccc3c(Cl)ncnc32)C[C@H]1CO. The highest BCUT2D eigenvalue weighted by atomic mass is 35.5. The highest BCUT2D eigenvalue weighted by Gasteiger charge is 2.44. The normalized spacial score (nSPS) is 25.0. The van der Waals surface area contributed by atoms with Gasteiger partial charge in [-0.05, 0) is 37.0 Å². The van der Waals surface area contributed by atoms with Crippen LogP contribution in [0.25, 0.3) is 11.0 Å².